The first-order valence-electron chi connectivity index (χ1n) is 5.87. The van der Waals surface area contributed by atoms with Crippen LogP contribution in [0, 0.1) is 0 Å². The Bertz CT molecular complexity index is 292. The van der Waals surface area contributed by atoms with Crippen LogP contribution in [0.4, 0.5) is 0 Å². The van der Waals surface area contributed by atoms with Crippen molar-refractivity contribution in [2.24, 2.45) is 0 Å². The Hall–Kier alpha value is -0.655. The summed E-state index contributed by atoms with van der Waals surface area (Å²) >= 11 is 0. The van der Waals surface area contributed by atoms with Crippen LogP contribution < -0.4 is 0 Å². The van der Waals surface area contributed by atoms with E-state index in [0.717, 1.165) is 12.8 Å². The van der Waals surface area contributed by atoms with Crippen LogP contribution in [0.1, 0.15) is 41.5 Å². The molecule has 1 rings (SSSR count). The maximum absolute atomic E-state index is 2.50. The molecule has 1 saturated heterocycles. The van der Waals surface area contributed by atoms with Crippen LogP contribution in [0.25, 0.3) is 0 Å². The van der Waals surface area contributed by atoms with Gasteiger partial charge in [-0.2, -0.15) is 0 Å². The molecule has 0 aromatic carbocycles. The van der Waals surface area contributed by atoms with Crippen LogP contribution in [0.15, 0.2) is 22.4 Å². The second kappa shape index (κ2) is 4.91. The molecule has 0 amide bonds. The molecule has 0 N–H and O–H groups in total. The smallest absolute Gasteiger partial charge is 0.141 e. The van der Waals surface area contributed by atoms with Gasteiger partial charge in [0.25, 0.3) is 0 Å². The van der Waals surface area contributed by atoms with E-state index in [0.29, 0.717) is 6.04 Å². The second-order valence-corrected chi connectivity index (χ2v) is 5.07. The van der Waals surface area contributed by atoms with E-state index in [1.54, 1.807) is 0 Å². The molecule has 0 saturated carbocycles. The normalized spacial score (nSPS) is 16.9. The molecule has 15 heavy (non-hydrogen) atoms. The maximum atomic E-state index is 2.50. The summed E-state index contributed by atoms with van der Waals surface area (Å²) in [7, 11) is 2.38. The molecule has 1 fully saturated rings. The lowest BCUT2D eigenvalue weighted by molar-refractivity contribution is 0.322. The molecule has 1 heterocycles. The van der Waals surface area contributed by atoms with Gasteiger partial charge in [0, 0.05) is 11.7 Å². The Morgan fingerprint density at radius 1 is 1.13 bits per heavy atom. The minimum absolute atomic E-state index is 0.584. The maximum Gasteiger partial charge on any atom is 0.141 e. The molecule has 0 aliphatic carbocycles. The lowest BCUT2D eigenvalue weighted by Gasteiger charge is -2.38. The summed E-state index contributed by atoms with van der Waals surface area (Å²) in [5.74, 6) is 0. The van der Waals surface area contributed by atoms with Crippen molar-refractivity contribution in [3.8, 4) is 0 Å². The summed E-state index contributed by atoms with van der Waals surface area (Å²) in [5.41, 5.74) is 5.89. The molecule has 0 aromatic rings. The zero-order valence-corrected chi connectivity index (χ0v) is 11.0. The van der Waals surface area contributed by atoms with E-state index in [1.807, 2.05) is 0 Å². The van der Waals surface area contributed by atoms with E-state index in [2.05, 4.69) is 53.7 Å². The molecule has 0 bridgehead atoms. The summed E-state index contributed by atoms with van der Waals surface area (Å²) in [6.45, 7) is 13.4. The molecule has 83 valence electrons. The van der Waals surface area contributed by atoms with Crippen LogP contribution in [0.2, 0.25) is 6.32 Å². The number of rotatable bonds is 1. The van der Waals surface area contributed by atoms with Crippen LogP contribution in [-0.2, 0) is 0 Å². The average molecular weight is 204 g/mol. The fourth-order valence-electron chi connectivity index (χ4n) is 2.21. The Labute approximate surface area is 95.5 Å². The zero-order valence-electron chi connectivity index (χ0n) is 11.0. The lowest BCUT2D eigenvalue weighted by Crippen LogP contribution is -2.39. The van der Waals surface area contributed by atoms with Gasteiger partial charge >= 0.3 is 0 Å². The number of allylic oxidation sites excluding steroid dienone is 3. The molecule has 1 radical (unpaired) electrons. The Morgan fingerprint density at radius 3 is 2.13 bits per heavy atom. The largest absolute Gasteiger partial charge is 0.377 e. The van der Waals surface area contributed by atoms with Gasteiger partial charge in [0.1, 0.15) is 7.28 Å². The Balaban J connectivity index is 3.15. The summed E-state index contributed by atoms with van der Waals surface area (Å²) in [6.07, 6.45) is 2.22. The van der Waals surface area contributed by atoms with Gasteiger partial charge in [-0.25, -0.2) is 0 Å². The highest BCUT2D eigenvalue weighted by atomic mass is 15.2. The third-order valence-corrected chi connectivity index (χ3v) is 2.95. The molecular formula is C13H23BN. The van der Waals surface area contributed by atoms with Crippen LogP contribution in [-0.4, -0.2) is 24.7 Å². The molecule has 1 aliphatic heterocycles. The third kappa shape index (κ3) is 2.67. The predicted octanol–water partition coefficient (Wildman–Crippen LogP) is 3.42. The first-order valence-corrected chi connectivity index (χ1v) is 5.87. The Kier molecular flexibility index (Phi) is 4.07. The molecule has 0 atom stereocenters. The van der Waals surface area contributed by atoms with Gasteiger partial charge in [0.05, 0.1) is 0 Å². The molecular weight excluding hydrogens is 181 g/mol. The minimum atomic E-state index is 0.584. The molecule has 1 aliphatic rings. The fraction of sp³-hybridized carbons (Fsp3) is 0.692. The summed E-state index contributed by atoms with van der Waals surface area (Å²) in [5, 5.41) is 0. The summed E-state index contributed by atoms with van der Waals surface area (Å²) < 4.78 is 0. The van der Waals surface area contributed by atoms with E-state index in [4.69, 9.17) is 0 Å². The van der Waals surface area contributed by atoms with Crippen LogP contribution in [0.5, 0.6) is 0 Å². The van der Waals surface area contributed by atoms with E-state index < -0.39 is 0 Å². The van der Waals surface area contributed by atoms with Crippen molar-refractivity contribution in [2.75, 3.05) is 6.44 Å². The molecule has 2 heteroatoms. The molecule has 0 unspecified atom stereocenters. The quantitative estimate of drug-likeness (QED) is 0.591. The van der Waals surface area contributed by atoms with Crippen molar-refractivity contribution in [1.82, 2.24) is 4.90 Å². The topological polar surface area (TPSA) is 3.24 Å². The number of hydrogen-bond acceptors (Lipinski definition) is 1. The van der Waals surface area contributed by atoms with Crippen LogP contribution >= 0.6 is 0 Å². The van der Waals surface area contributed by atoms with Crippen molar-refractivity contribution in [3.63, 3.8) is 0 Å². The van der Waals surface area contributed by atoms with E-state index in [-0.39, 0.29) is 0 Å². The lowest BCUT2D eigenvalue weighted by atomic mass is 9.65. The standard InChI is InChI=1S/C13H23BN/c1-9(2)12-7-14-8-15(11(5)6)13(12)10(3)4/h11H,7-8H2,1-6H3. The number of hydrogen-bond donors (Lipinski definition) is 0. The average Bonchev–Trinajstić information content (AvgIpc) is 2.16. The van der Waals surface area contributed by atoms with Crippen molar-refractivity contribution >= 4 is 7.28 Å². The molecule has 1 nitrogen and oxygen atoms in total. The predicted molar refractivity (Wildman–Crippen MR) is 69.2 cm³/mol. The second-order valence-electron chi connectivity index (χ2n) is 5.07. The molecule has 0 aromatic heterocycles. The molecule has 0 spiro atoms. The monoisotopic (exact) mass is 204 g/mol. The van der Waals surface area contributed by atoms with Crippen molar-refractivity contribution in [2.45, 2.75) is 53.9 Å². The van der Waals surface area contributed by atoms with Crippen molar-refractivity contribution in [1.29, 1.82) is 0 Å². The summed E-state index contributed by atoms with van der Waals surface area (Å²) in [4.78, 5) is 2.50. The third-order valence-electron chi connectivity index (χ3n) is 2.95. The first-order chi connectivity index (χ1) is 6.95. The van der Waals surface area contributed by atoms with Gasteiger partial charge in [0.2, 0.25) is 0 Å². The Morgan fingerprint density at radius 2 is 1.73 bits per heavy atom. The fourth-order valence-corrected chi connectivity index (χ4v) is 2.21. The van der Waals surface area contributed by atoms with E-state index in [9.17, 15) is 0 Å². The van der Waals surface area contributed by atoms with Gasteiger partial charge in [-0.05, 0) is 53.6 Å². The highest BCUT2D eigenvalue weighted by molar-refractivity contribution is 6.37. The van der Waals surface area contributed by atoms with Gasteiger partial charge in [-0.3, -0.25) is 0 Å². The van der Waals surface area contributed by atoms with Crippen LogP contribution in [0.3, 0.4) is 0 Å². The minimum Gasteiger partial charge on any atom is -0.377 e. The van der Waals surface area contributed by atoms with Crippen molar-refractivity contribution in [3.05, 3.63) is 22.4 Å². The first kappa shape index (κ1) is 12.4. The highest BCUT2D eigenvalue weighted by Crippen LogP contribution is 2.30. The summed E-state index contributed by atoms with van der Waals surface area (Å²) in [6, 6.07) is 0.584. The highest BCUT2D eigenvalue weighted by Gasteiger charge is 2.23. The van der Waals surface area contributed by atoms with E-state index >= 15 is 0 Å². The van der Waals surface area contributed by atoms with Crippen molar-refractivity contribution < 1.29 is 0 Å². The number of nitrogens with zero attached hydrogens (tertiary/aromatic N) is 1. The van der Waals surface area contributed by atoms with Gasteiger partial charge in [-0.1, -0.05) is 17.5 Å². The van der Waals surface area contributed by atoms with E-state index in [1.165, 1.54) is 22.4 Å². The van der Waals surface area contributed by atoms with Gasteiger partial charge in [0.15, 0.2) is 0 Å². The SMILES string of the molecule is CC(C)=C1C[B]CN(C(C)C)C1=C(C)C. The van der Waals surface area contributed by atoms with Gasteiger partial charge in [-0.15, -0.1) is 0 Å². The van der Waals surface area contributed by atoms with Gasteiger partial charge < -0.3 is 4.90 Å². The zero-order chi connectivity index (χ0) is 11.6.